The molecule has 1 saturated heterocycles. The van der Waals surface area contributed by atoms with Crippen LogP contribution in [0, 0.1) is 0 Å². The van der Waals surface area contributed by atoms with Gasteiger partial charge in [-0.2, -0.15) is 4.31 Å². The van der Waals surface area contributed by atoms with E-state index in [1.807, 2.05) is 10.8 Å². The summed E-state index contributed by atoms with van der Waals surface area (Å²) >= 11 is 0. The summed E-state index contributed by atoms with van der Waals surface area (Å²) in [5.41, 5.74) is 0. The number of hydrogen-bond donors (Lipinski definition) is 1. The quantitative estimate of drug-likeness (QED) is 0.833. The normalized spacial score (nSPS) is 26.5. The molecular formula is C13H20N4O3S. The van der Waals surface area contributed by atoms with Gasteiger partial charge >= 0.3 is 0 Å². The number of carbonyl (C=O) groups excluding carboxylic acids is 1. The van der Waals surface area contributed by atoms with Gasteiger partial charge in [0.25, 0.3) is 0 Å². The van der Waals surface area contributed by atoms with E-state index in [-0.39, 0.29) is 11.9 Å². The number of hydrogen-bond acceptors (Lipinski definition) is 4. The molecule has 1 aromatic rings. The molecule has 2 aliphatic rings. The molecule has 2 unspecified atom stereocenters. The van der Waals surface area contributed by atoms with Crippen molar-refractivity contribution in [1.82, 2.24) is 19.2 Å². The number of aromatic nitrogens is 2. The molecule has 1 fully saturated rings. The van der Waals surface area contributed by atoms with Gasteiger partial charge in [0, 0.05) is 37.9 Å². The second kappa shape index (κ2) is 5.42. The van der Waals surface area contributed by atoms with Crippen LogP contribution in [-0.4, -0.2) is 53.1 Å². The topological polar surface area (TPSA) is 84.3 Å². The van der Waals surface area contributed by atoms with Crippen molar-refractivity contribution in [3.8, 4) is 0 Å². The van der Waals surface area contributed by atoms with Crippen LogP contribution in [0.4, 0.5) is 0 Å². The van der Waals surface area contributed by atoms with Gasteiger partial charge in [-0.3, -0.25) is 4.79 Å². The summed E-state index contributed by atoms with van der Waals surface area (Å²) in [6.45, 7) is 1.14. The summed E-state index contributed by atoms with van der Waals surface area (Å²) in [7, 11) is -3.32. The highest BCUT2D eigenvalue weighted by atomic mass is 32.2. The summed E-state index contributed by atoms with van der Waals surface area (Å²) in [6, 6.07) is -0.509. The summed E-state index contributed by atoms with van der Waals surface area (Å²) in [6.07, 6.45) is 7.85. The van der Waals surface area contributed by atoms with Crippen molar-refractivity contribution in [1.29, 1.82) is 0 Å². The van der Waals surface area contributed by atoms with Gasteiger partial charge in [-0.1, -0.05) is 0 Å². The van der Waals surface area contributed by atoms with Gasteiger partial charge in [0.15, 0.2) is 0 Å². The molecule has 2 atom stereocenters. The standard InChI is InChI=1S/C13H20N4O3S/c1-21(19,20)17-7-2-3-11(17)13(18)15-10-4-5-12-14-6-8-16(12)9-10/h6,8,10-11H,2-5,7,9H2,1H3,(H,15,18). The van der Waals surface area contributed by atoms with E-state index in [0.717, 1.165) is 31.3 Å². The number of nitrogens with one attached hydrogen (secondary N) is 1. The van der Waals surface area contributed by atoms with Crippen LogP contribution in [0.5, 0.6) is 0 Å². The molecule has 2 aliphatic heterocycles. The highest BCUT2D eigenvalue weighted by Crippen LogP contribution is 2.21. The largest absolute Gasteiger partial charge is 0.350 e. The first-order valence-corrected chi connectivity index (χ1v) is 9.07. The molecule has 0 spiro atoms. The van der Waals surface area contributed by atoms with Gasteiger partial charge in [0.05, 0.1) is 6.26 Å². The van der Waals surface area contributed by atoms with E-state index < -0.39 is 16.1 Å². The third kappa shape index (κ3) is 2.96. The van der Waals surface area contributed by atoms with Gasteiger partial charge in [0.2, 0.25) is 15.9 Å². The molecule has 21 heavy (non-hydrogen) atoms. The van der Waals surface area contributed by atoms with Crippen LogP contribution < -0.4 is 5.32 Å². The van der Waals surface area contributed by atoms with Crippen molar-refractivity contribution in [2.24, 2.45) is 0 Å². The fourth-order valence-electron chi connectivity index (χ4n) is 3.18. The smallest absolute Gasteiger partial charge is 0.238 e. The second-order valence-electron chi connectivity index (χ2n) is 5.77. The first kappa shape index (κ1) is 14.5. The predicted octanol–water partition coefficient (Wildman–Crippen LogP) is -0.262. The molecule has 8 heteroatoms. The molecule has 1 aromatic heterocycles. The first-order valence-electron chi connectivity index (χ1n) is 7.22. The highest BCUT2D eigenvalue weighted by Gasteiger charge is 2.37. The maximum Gasteiger partial charge on any atom is 0.238 e. The number of nitrogens with zero attached hydrogens (tertiary/aromatic N) is 3. The Hall–Kier alpha value is -1.41. The minimum atomic E-state index is -3.32. The minimum Gasteiger partial charge on any atom is -0.350 e. The maximum absolute atomic E-state index is 12.4. The summed E-state index contributed by atoms with van der Waals surface area (Å²) < 4.78 is 26.8. The van der Waals surface area contributed by atoms with E-state index in [0.29, 0.717) is 19.5 Å². The Morgan fingerprint density at radius 3 is 3.00 bits per heavy atom. The lowest BCUT2D eigenvalue weighted by molar-refractivity contribution is -0.125. The second-order valence-corrected chi connectivity index (χ2v) is 7.71. The number of rotatable bonds is 3. The van der Waals surface area contributed by atoms with E-state index in [4.69, 9.17) is 0 Å². The summed E-state index contributed by atoms with van der Waals surface area (Å²) in [4.78, 5) is 16.6. The number of carbonyl (C=O) groups is 1. The molecule has 7 nitrogen and oxygen atoms in total. The van der Waals surface area contributed by atoms with Crippen LogP contribution in [0.25, 0.3) is 0 Å². The van der Waals surface area contributed by atoms with Crippen LogP contribution in [0.15, 0.2) is 12.4 Å². The lowest BCUT2D eigenvalue weighted by Crippen LogP contribution is -2.50. The fourth-order valence-corrected chi connectivity index (χ4v) is 4.30. The fraction of sp³-hybridized carbons (Fsp3) is 0.692. The Kier molecular flexibility index (Phi) is 3.75. The minimum absolute atomic E-state index is 0.0428. The molecule has 1 N–H and O–H groups in total. The van der Waals surface area contributed by atoms with E-state index in [1.54, 1.807) is 6.20 Å². The number of sulfonamides is 1. The van der Waals surface area contributed by atoms with E-state index in [1.165, 1.54) is 4.31 Å². The molecule has 3 rings (SSSR count). The van der Waals surface area contributed by atoms with Crippen molar-refractivity contribution < 1.29 is 13.2 Å². The molecule has 0 aliphatic carbocycles. The Labute approximate surface area is 124 Å². The van der Waals surface area contributed by atoms with Crippen LogP contribution in [0.1, 0.15) is 25.1 Å². The van der Waals surface area contributed by atoms with Gasteiger partial charge in [-0.25, -0.2) is 13.4 Å². The first-order chi connectivity index (χ1) is 9.95. The zero-order chi connectivity index (χ0) is 15.0. The van der Waals surface area contributed by atoms with Crippen LogP contribution in [0.3, 0.4) is 0 Å². The molecule has 0 saturated carbocycles. The number of fused-ring (bicyclic) bond motifs is 1. The third-order valence-electron chi connectivity index (χ3n) is 4.21. The van der Waals surface area contributed by atoms with E-state index >= 15 is 0 Å². The van der Waals surface area contributed by atoms with Gasteiger partial charge in [-0.15, -0.1) is 0 Å². The zero-order valence-corrected chi connectivity index (χ0v) is 12.8. The van der Waals surface area contributed by atoms with E-state index in [9.17, 15) is 13.2 Å². The van der Waals surface area contributed by atoms with Crippen molar-refractivity contribution in [3.05, 3.63) is 18.2 Å². The average molecular weight is 312 g/mol. The third-order valence-corrected chi connectivity index (χ3v) is 5.50. The van der Waals surface area contributed by atoms with Crippen LogP contribution >= 0.6 is 0 Å². The average Bonchev–Trinajstić information content (AvgIpc) is 3.06. The van der Waals surface area contributed by atoms with Gasteiger partial charge in [0.1, 0.15) is 11.9 Å². The molecule has 0 bridgehead atoms. The SMILES string of the molecule is CS(=O)(=O)N1CCCC1C(=O)NC1CCc2nccn2C1. The Bertz CT molecular complexity index is 640. The maximum atomic E-state index is 12.4. The van der Waals surface area contributed by atoms with Crippen molar-refractivity contribution in [2.45, 2.75) is 44.3 Å². The Morgan fingerprint density at radius 1 is 1.43 bits per heavy atom. The Balaban J connectivity index is 1.65. The van der Waals surface area contributed by atoms with Crippen molar-refractivity contribution >= 4 is 15.9 Å². The molecular weight excluding hydrogens is 292 g/mol. The lowest BCUT2D eigenvalue weighted by atomic mass is 10.1. The number of imidazole rings is 1. The number of aryl methyl sites for hydroxylation is 1. The molecule has 0 radical (unpaired) electrons. The zero-order valence-electron chi connectivity index (χ0n) is 12.0. The van der Waals surface area contributed by atoms with Crippen molar-refractivity contribution in [3.63, 3.8) is 0 Å². The van der Waals surface area contributed by atoms with Crippen LogP contribution in [0.2, 0.25) is 0 Å². The highest BCUT2D eigenvalue weighted by molar-refractivity contribution is 7.88. The molecule has 3 heterocycles. The van der Waals surface area contributed by atoms with Gasteiger partial charge < -0.3 is 9.88 Å². The monoisotopic (exact) mass is 312 g/mol. The molecule has 116 valence electrons. The van der Waals surface area contributed by atoms with Crippen molar-refractivity contribution in [2.75, 3.05) is 12.8 Å². The van der Waals surface area contributed by atoms with E-state index in [2.05, 4.69) is 10.3 Å². The molecule has 0 aromatic carbocycles. The van der Waals surface area contributed by atoms with Gasteiger partial charge in [-0.05, 0) is 19.3 Å². The molecule has 1 amide bonds. The van der Waals surface area contributed by atoms with Crippen LogP contribution in [-0.2, 0) is 27.8 Å². The lowest BCUT2D eigenvalue weighted by Gasteiger charge is -2.28. The predicted molar refractivity (Wildman–Crippen MR) is 77.1 cm³/mol. The summed E-state index contributed by atoms with van der Waals surface area (Å²) in [5.74, 6) is 0.866. The Morgan fingerprint density at radius 2 is 2.24 bits per heavy atom. The summed E-state index contributed by atoms with van der Waals surface area (Å²) in [5, 5.41) is 3.00. The number of amides is 1.